The standard InChI is InChI=1S/C19H16N.ClHO4/c1-2-20-18(14-12-16-8-4-3-5-9-16)15-13-17-10-6-7-11-19(17)20;2-1(3,4)5/h3-11,13,15H,2H2,1H3;(H,2,3,4,5)/q+1;/p-1. The average molecular weight is 358 g/mol. The SMILES string of the molecule is CC[n+]1c(C#Cc2ccccc2)ccc2ccccc21.[O-][Cl+3]([O-])([O-])[O-]. The quantitative estimate of drug-likeness (QED) is 0.403. The van der Waals surface area contributed by atoms with E-state index in [1.165, 1.54) is 10.9 Å². The van der Waals surface area contributed by atoms with Crippen LogP contribution in [0, 0.1) is 22.1 Å². The van der Waals surface area contributed by atoms with Gasteiger partial charge in [0.05, 0.1) is 0 Å². The third-order valence-electron chi connectivity index (χ3n) is 3.36. The summed E-state index contributed by atoms with van der Waals surface area (Å²) in [5, 5.41) is 1.25. The van der Waals surface area contributed by atoms with Crippen molar-refractivity contribution >= 4 is 10.9 Å². The number of fused-ring (bicyclic) bond motifs is 1. The zero-order chi connectivity index (χ0) is 18.3. The highest BCUT2D eigenvalue weighted by Crippen LogP contribution is 2.10. The highest BCUT2D eigenvalue weighted by Gasteiger charge is 2.11. The Balaban J connectivity index is 0.000000399. The molecule has 5 nitrogen and oxygen atoms in total. The van der Waals surface area contributed by atoms with Gasteiger partial charge in [-0.1, -0.05) is 36.3 Å². The van der Waals surface area contributed by atoms with Crippen molar-refractivity contribution in [1.29, 1.82) is 0 Å². The molecule has 6 heteroatoms. The van der Waals surface area contributed by atoms with Gasteiger partial charge in [0.25, 0.3) is 5.69 Å². The van der Waals surface area contributed by atoms with Crippen molar-refractivity contribution in [3.63, 3.8) is 0 Å². The number of hydrogen-bond donors (Lipinski definition) is 0. The Kier molecular flexibility index (Phi) is 6.48. The van der Waals surface area contributed by atoms with Crippen LogP contribution in [0.1, 0.15) is 18.2 Å². The summed E-state index contributed by atoms with van der Waals surface area (Å²) in [6, 6.07) is 22.7. The van der Waals surface area contributed by atoms with Gasteiger partial charge in [-0.25, -0.2) is 18.6 Å². The number of nitrogens with zero attached hydrogens (tertiary/aromatic N) is 1. The molecule has 0 fully saturated rings. The maximum absolute atomic E-state index is 8.49. The molecule has 0 bridgehead atoms. The molecule has 1 aromatic heterocycles. The van der Waals surface area contributed by atoms with Crippen LogP contribution in [0.4, 0.5) is 0 Å². The normalized spacial score (nSPS) is 10.4. The molecule has 0 aliphatic rings. The molecular formula is C19H16ClNO4. The molecule has 0 radical (unpaired) electrons. The Bertz CT molecular complexity index is 890. The molecule has 25 heavy (non-hydrogen) atoms. The first kappa shape index (κ1) is 18.9. The lowest BCUT2D eigenvalue weighted by molar-refractivity contribution is -2.00. The van der Waals surface area contributed by atoms with Crippen LogP contribution in [0.15, 0.2) is 66.7 Å². The minimum absolute atomic E-state index is 0.917. The van der Waals surface area contributed by atoms with Crippen LogP contribution in [0.25, 0.3) is 10.9 Å². The van der Waals surface area contributed by atoms with Crippen LogP contribution in [-0.2, 0) is 6.54 Å². The lowest BCUT2D eigenvalue weighted by atomic mass is 10.1. The Morgan fingerprint density at radius 2 is 1.40 bits per heavy atom. The molecule has 3 aromatic rings. The molecule has 0 aliphatic heterocycles. The summed E-state index contributed by atoms with van der Waals surface area (Å²) in [5.74, 6) is 6.52. The number of pyridine rings is 1. The van der Waals surface area contributed by atoms with Gasteiger partial charge in [-0.15, -0.1) is 10.2 Å². The van der Waals surface area contributed by atoms with E-state index in [0.29, 0.717) is 0 Å². The van der Waals surface area contributed by atoms with Crippen molar-refractivity contribution in [1.82, 2.24) is 0 Å². The summed E-state index contributed by atoms with van der Waals surface area (Å²) < 4.78 is 36.2. The number of para-hydroxylation sites is 1. The number of benzene rings is 2. The fourth-order valence-corrected chi connectivity index (χ4v) is 2.37. The Morgan fingerprint density at radius 3 is 2.04 bits per heavy atom. The van der Waals surface area contributed by atoms with Gasteiger partial charge in [-0.3, -0.25) is 0 Å². The number of rotatable bonds is 1. The predicted octanol–water partition coefficient (Wildman–Crippen LogP) is -1.21. The van der Waals surface area contributed by atoms with E-state index in [4.69, 9.17) is 18.6 Å². The molecule has 0 atom stereocenters. The van der Waals surface area contributed by atoms with Gasteiger partial charge in [0.1, 0.15) is 6.54 Å². The van der Waals surface area contributed by atoms with Crippen molar-refractivity contribution in [3.8, 4) is 11.8 Å². The number of hydrogen-bond acceptors (Lipinski definition) is 4. The number of aryl methyl sites for hydroxylation is 1. The minimum Gasteiger partial charge on any atom is -0.222 e. The molecule has 0 unspecified atom stereocenters. The van der Waals surface area contributed by atoms with Crippen LogP contribution in [-0.4, -0.2) is 0 Å². The zero-order valence-electron chi connectivity index (χ0n) is 13.5. The van der Waals surface area contributed by atoms with Gasteiger partial charge in [0, 0.05) is 29.0 Å². The van der Waals surface area contributed by atoms with Gasteiger partial charge in [-0.2, -0.15) is 4.57 Å². The molecule has 0 saturated carbocycles. The monoisotopic (exact) mass is 357 g/mol. The van der Waals surface area contributed by atoms with Gasteiger partial charge in [0.2, 0.25) is 5.52 Å². The van der Waals surface area contributed by atoms with Crippen LogP contribution in [0.2, 0.25) is 0 Å². The first-order chi connectivity index (χ1) is 11.9. The largest absolute Gasteiger partial charge is 0.257 e. The first-order valence-corrected chi connectivity index (χ1v) is 8.72. The summed E-state index contributed by atoms with van der Waals surface area (Å²) >= 11 is 0. The minimum atomic E-state index is -4.94. The zero-order valence-corrected chi connectivity index (χ0v) is 14.3. The third-order valence-corrected chi connectivity index (χ3v) is 3.36. The molecule has 3 rings (SSSR count). The predicted molar refractivity (Wildman–Crippen MR) is 82.2 cm³/mol. The third kappa shape index (κ3) is 6.16. The average Bonchev–Trinajstić information content (AvgIpc) is 2.59. The highest BCUT2D eigenvalue weighted by molar-refractivity contribution is 5.75. The lowest BCUT2D eigenvalue weighted by Gasteiger charge is -2.17. The van der Waals surface area contributed by atoms with E-state index in [1.807, 2.05) is 30.3 Å². The summed E-state index contributed by atoms with van der Waals surface area (Å²) in [5.41, 5.74) is 3.33. The molecule has 0 saturated heterocycles. The molecule has 0 spiro atoms. The summed E-state index contributed by atoms with van der Waals surface area (Å²) in [6.45, 7) is 3.07. The van der Waals surface area contributed by atoms with E-state index in [0.717, 1.165) is 17.8 Å². The van der Waals surface area contributed by atoms with Crippen LogP contribution in [0.5, 0.6) is 0 Å². The topological polar surface area (TPSA) is 96.1 Å². The van der Waals surface area contributed by atoms with E-state index < -0.39 is 10.2 Å². The number of halogens is 1. The Labute approximate surface area is 148 Å². The molecule has 0 amide bonds. The van der Waals surface area contributed by atoms with Crippen molar-refractivity contribution in [3.05, 3.63) is 78.0 Å². The number of aromatic nitrogens is 1. The first-order valence-electron chi connectivity index (χ1n) is 7.49. The molecular weight excluding hydrogens is 342 g/mol. The smallest absolute Gasteiger partial charge is 0.222 e. The fourth-order valence-electron chi connectivity index (χ4n) is 2.37. The van der Waals surface area contributed by atoms with Crippen molar-refractivity contribution in [2.24, 2.45) is 0 Å². The molecule has 0 aliphatic carbocycles. The van der Waals surface area contributed by atoms with Gasteiger partial charge in [0.15, 0.2) is 0 Å². The van der Waals surface area contributed by atoms with Gasteiger partial charge in [-0.05, 0) is 31.2 Å². The molecule has 1 heterocycles. The van der Waals surface area contributed by atoms with E-state index >= 15 is 0 Å². The molecule has 2 aromatic carbocycles. The fraction of sp³-hybridized carbons (Fsp3) is 0.105. The van der Waals surface area contributed by atoms with Crippen molar-refractivity contribution in [2.45, 2.75) is 13.5 Å². The summed E-state index contributed by atoms with van der Waals surface area (Å²) in [6.07, 6.45) is 0. The van der Waals surface area contributed by atoms with Crippen LogP contribution < -0.4 is 23.2 Å². The second kappa shape index (κ2) is 8.58. The van der Waals surface area contributed by atoms with Gasteiger partial charge >= 0.3 is 0 Å². The van der Waals surface area contributed by atoms with E-state index in [9.17, 15) is 0 Å². The van der Waals surface area contributed by atoms with E-state index in [1.54, 1.807) is 0 Å². The molecule has 128 valence electrons. The maximum Gasteiger partial charge on any atom is 0.257 e. The second-order valence-corrected chi connectivity index (χ2v) is 5.77. The molecule has 0 N–H and O–H groups in total. The second-order valence-electron chi connectivity index (χ2n) is 5.02. The van der Waals surface area contributed by atoms with Crippen LogP contribution in [0.3, 0.4) is 0 Å². The summed E-state index contributed by atoms with van der Waals surface area (Å²) in [7, 11) is -4.94. The lowest BCUT2D eigenvalue weighted by Crippen LogP contribution is -2.68. The van der Waals surface area contributed by atoms with Gasteiger partial charge < -0.3 is 0 Å². The Morgan fingerprint density at radius 1 is 0.800 bits per heavy atom. The summed E-state index contributed by atoms with van der Waals surface area (Å²) in [4.78, 5) is 0. The highest BCUT2D eigenvalue weighted by atomic mass is 35.7. The van der Waals surface area contributed by atoms with Crippen LogP contribution >= 0.6 is 0 Å². The van der Waals surface area contributed by atoms with Crippen molar-refractivity contribution in [2.75, 3.05) is 0 Å². The Hall–Kier alpha value is -2.46. The van der Waals surface area contributed by atoms with Crippen molar-refractivity contribution < 1.29 is 33.4 Å². The maximum atomic E-state index is 8.49. The van der Waals surface area contributed by atoms with E-state index in [2.05, 4.69) is 59.7 Å². The van der Waals surface area contributed by atoms with E-state index in [-0.39, 0.29) is 0 Å².